The Morgan fingerprint density at radius 3 is 1.30 bits per heavy atom. The number of carbonyl (C=O) groups is 4. The maximum Gasteiger partial charge on any atom is 0.251 e. The molecule has 10 heteroatoms. The van der Waals surface area contributed by atoms with Crippen LogP contribution in [0.25, 0.3) is 0 Å². The lowest BCUT2D eigenvalue weighted by molar-refractivity contribution is -0.129. The molecule has 2 aromatic rings. The third kappa shape index (κ3) is 17.1. The standard InChI is InChI=1S/2C18H28N2O3/c2*1-14(13-21)19-18(23)16-10-7-9-15(12-16)8-5-4-6-11-17(22)20(2)3/h2*7,9-10,12,14,21H,4-6,8,11,13H2,1-3H3,(H,19,23)/t2*14-/m10/s1. The van der Waals surface area contributed by atoms with Crippen molar-refractivity contribution in [3.05, 3.63) is 70.8 Å². The first-order valence-electron chi connectivity index (χ1n) is 16.3. The molecule has 4 amide bonds. The summed E-state index contributed by atoms with van der Waals surface area (Å²) in [4.78, 5) is 50.2. The number of amides is 4. The number of aliphatic hydroxyl groups excluding tert-OH is 2. The van der Waals surface area contributed by atoms with E-state index in [-0.39, 0.29) is 48.9 Å². The van der Waals surface area contributed by atoms with Crippen molar-refractivity contribution >= 4 is 23.6 Å². The first-order valence-corrected chi connectivity index (χ1v) is 16.3. The highest BCUT2D eigenvalue weighted by atomic mass is 16.3. The zero-order valence-electron chi connectivity index (χ0n) is 28.7. The molecule has 0 aliphatic rings. The average Bonchev–Trinajstić information content (AvgIpc) is 3.04. The number of aliphatic hydroxyl groups is 2. The van der Waals surface area contributed by atoms with E-state index in [0.29, 0.717) is 24.0 Å². The molecule has 0 aromatic heterocycles. The largest absolute Gasteiger partial charge is 0.394 e. The normalized spacial score (nSPS) is 11.8. The molecule has 2 rings (SSSR count). The van der Waals surface area contributed by atoms with Gasteiger partial charge in [0.05, 0.1) is 13.2 Å². The third-order valence-corrected chi connectivity index (χ3v) is 7.39. The van der Waals surface area contributed by atoms with Gasteiger partial charge in [0, 0.05) is 64.2 Å². The molecule has 0 fully saturated rings. The summed E-state index contributed by atoms with van der Waals surface area (Å²) in [5.41, 5.74) is 3.47. The number of benzene rings is 2. The van der Waals surface area contributed by atoms with Crippen LogP contribution in [-0.2, 0) is 22.4 Å². The number of nitrogens with one attached hydrogen (secondary N) is 2. The highest BCUT2D eigenvalue weighted by molar-refractivity contribution is 5.95. The number of nitrogens with zero attached hydrogens (tertiary/aromatic N) is 2. The van der Waals surface area contributed by atoms with Crippen LogP contribution in [0.2, 0.25) is 0 Å². The first-order chi connectivity index (χ1) is 21.9. The molecular weight excluding hydrogens is 584 g/mol. The SMILES string of the molecule is C[C@@H](CO)NC(=O)c1cccc(CCCCCC(=O)N(C)C)c1.C[C@H](CO)NC(=O)c1cccc(CCCCCC(=O)N(C)C)c1. The van der Waals surface area contributed by atoms with Gasteiger partial charge in [0.1, 0.15) is 0 Å². The Morgan fingerprint density at radius 2 is 0.978 bits per heavy atom. The number of hydrogen-bond acceptors (Lipinski definition) is 6. The molecule has 0 saturated carbocycles. The predicted molar refractivity (Wildman–Crippen MR) is 183 cm³/mol. The smallest absolute Gasteiger partial charge is 0.251 e. The Labute approximate surface area is 275 Å². The number of carbonyl (C=O) groups excluding carboxylic acids is 4. The second-order valence-electron chi connectivity index (χ2n) is 12.2. The van der Waals surface area contributed by atoms with Gasteiger partial charge >= 0.3 is 0 Å². The molecule has 0 heterocycles. The molecule has 0 aliphatic heterocycles. The fourth-order valence-electron chi connectivity index (χ4n) is 4.45. The monoisotopic (exact) mass is 640 g/mol. The lowest BCUT2D eigenvalue weighted by Crippen LogP contribution is -2.35. The van der Waals surface area contributed by atoms with Crippen LogP contribution >= 0.6 is 0 Å². The quantitative estimate of drug-likeness (QED) is 0.182. The Bertz CT molecular complexity index is 1120. The van der Waals surface area contributed by atoms with Crippen LogP contribution in [0.3, 0.4) is 0 Å². The topological polar surface area (TPSA) is 139 Å². The Morgan fingerprint density at radius 1 is 0.609 bits per heavy atom. The van der Waals surface area contributed by atoms with Crippen LogP contribution < -0.4 is 10.6 Å². The summed E-state index contributed by atoms with van der Waals surface area (Å²) in [6.07, 6.45) is 8.76. The van der Waals surface area contributed by atoms with Crippen LogP contribution in [-0.4, -0.2) is 97.1 Å². The molecule has 2 aromatic carbocycles. The Hall–Kier alpha value is -3.76. The number of hydrogen-bond donors (Lipinski definition) is 4. The molecule has 2 atom stereocenters. The van der Waals surface area contributed by atoms with Crippen LogP contribution in [0.15, 0.2) is 48.5 Å². The Kier molecular flexibility index (Phi) is 19.9. The second-order valence-corrected chi connectivity index (χ2v) is 12.2. The lowest BCUT2D eigenvalue weighted by Gasteiger charge is -2.11. The minimum atomic E-state index is -0.250. The fraction of sp³-hybridized carbons (Fsp3) is 0.556. The average molecular weight is 641 g/mol. The predicted octanol–water partition coefficient (Wildman–Crippen LogP) is 3.98. The summed E-state index contributed by atoms with van der Waals surface area (Å²) in [5.74, 6) is 0.0123. The van der Waals surface area contributed by atoms with Gasteiger partial charge in [0.15, 0.2) is 0 Å². The third-order valence-electron chi connectivity index (χ3n) is 7.39. The molecule has 10 nitrogen and oxygen atoms in total. The van der Waals surface area contributed by atoms with E-state index in [0.717, 1.165) is 62.5 Å². The zero-order chi connectivity index (χ0) is 34.5. The highest BCUT2D eigenvalue weighted by Gasteiger charge is 2.11. The van der Waals surface area contributed by atoms with E-state index in [2.05, 4.69) is 10.6 Å². The maximum absolute atomic E-state index is 12.0. The van der Waals surface area contributed by atoms with Gasteiger partial charge in [-0.15, -0.1) is 0 Å². The minimum absolute atomic E-state index is 0.0723. The molecule has 0 unspecified atom stereocenters. The number of rotatable bonds is 18. The van der Waals surface area contributed by atoms with E-state index in [9.17, 15) is 19.2 Å². The summed E-state index contributed by atoms with van der Waals surface area (Å²) in [6.45, 7) is 3.38. The number of aryl methyl sites for hydroxylation is 2. The van der Waals surface area contributed by atoms with Gasteiger partial charge in [0.25, 0.3) is 11.8 Å². The molecule has 0 saturated heterocycles. The van der Waals surface area contributed by atoms with Crippen molar-refractivity contribution in [1.29, 1.82) is 0 Å². The summed E-state index contributed by atoms with van der Waals surface area (Å²) in [7, 11) is 7.10. The van der Waals surface area contributed by atoms with Crippen molar-refractivity contribution in [2.45, 2.75) is 90.1 Å². The van der Waals surface area contributed by atoms with Crippen molar-refractivity contribution in [3.63, 3.8) is 0 Å². The summed E-state index contributed by atoms with van der Waals surface area (Å²) < 4.78 is 0. The van der Waals surface area contributed by atoms with Gasteiger partial charge in [-0.1, -0.05) is 37.1 Å². The fourth-order valence-corrected chi connectivity index (χ4v) is 4.45. The first kappa shape index (κ1) is 40.3. The van der Waals surface area contributed by atoms with E-state index in [1.165, 1.54) is 0 Å². The molecular formula is C36H56N4O6. The minimum Gasteiger partial charge on any atom is -0.394 e. The molecule has 0 bridgehead atoms. The summed E-state index contributed by atoms with van der Waals surface area (Å²) >= 11 is 0. The van der Waals surface area contributed by atoms with Crippen LogP contribution in [0.5, 0.6) is 0 Å². The van der Waals surface area contributed by atoms with Crippen LogP contribution in [0.1, 0.15) is 97.1 Å². The van der Waals surface area contributed by atoms with Gasteiger partial charge in [-0.2, -0.15) is 0 Å². The van der Waals surface area contributed by atoms with Crippen LogP contribution in [0, 0.1) is 0 Å². The highest BCUT2D eigenvalue weighted by Crippen LogP contribution is 2.13. The summed E-state index contributed by atoms with van der Waals surface area (Å²) in [5, 5.41) is 23.4. The molecule has 256 valence electrons. The van der Waals surface area contributed by atoms with E-state index < -0.39 is 0 Å². The van der Waals surface area contributed by atoms with E-state index in [1.807, 2.05) is 36.4 Å². The van der Waals surface area contributed by atoms with E-state index in [4.69, 9.17) is 10.2 Å². The van der Waals surface area contributed by atoms with Crippen molar-refractivity contribution in [2.75, 3.05) is 41.4 Å². The van der Waals surface area contributed by atoms with Gasteiger partial charge in [-0.3, -0.25) is 19.2 Å². The van der Waals surface area contributed by atoms with Gasteiger partial charge in [0.2, 0.25) is 11.8 Å². The van der Waals surface area contributed by atoms with Crippen LogP contribution in [0.4, 0.5) is 0 Å². The Balaban J connectivity index is 0.000000460. The van der Waals surface area contributed by atoms with E-state index >= 15 is 0 Å². The molecule has 4 N–H and O–H groups in total. The molecule has 0 aliphatic carbocycles. The number of unbranched alkanes of at least 4 members (excludes halogenated alkanes) is 4. The molecule has 0 spiro atoms. The maximum atomic E-state index is 12.0. The van der Waals surface area contributed by atoms with Crippen molar-refractivity contribution < 1.29 is 29.4 Å². The zero-order valence-corrected chi connectivity index (χ0v) is 28.7. The van der Waals surface area contributed by atoms with Crippen molar-refractivity contribution in [2.24, 2.45) is 0 Å². The summed E-state index contributed by atoms with van der Waals surface area (Å²) in [6, 6.07) is 14.6. The van der Waals surface area contributed by atoms with E-state index in [1.54, 1.807) is 64.0 Å². The van der Waals surface area contributed by atoms with Crippen molar-refractivity contribution in [1.82, 2.24) is 20.4 Å². The van der Waals surface area contributed by atoms with Crippen molar-refractivity contribution in [3.8, 4) is 0 Å². The second kappa shape index (κ2) is 22.7. The van der Waals surface area contributed by atoms with Gasteiger partial charge in [-0.05, 0) is 87.8 Å². The lowest BCUT2D eigenvalue weighted by atomic mass is 10.0. The van der Waals surface area contributed by atoms with Gasteiger partial charge in [-0.25, -0.2) is 0 Å². The molecule has 0 radical (unpaired) electrons. The molecule has 46 heavy (non-hydrogen) atoms. The van der Waals surface area contributed by atoms with Gasteiger partial charge < -0.3 is 30.6 Å².